The lowest BCUT2D eigenvalue weighted by Gasteiger charge is -2.20. The highest BCUT2D eigenvalue weighted by molar-refractivity contribution is 5.35. The summed E-state index contributed by atoms with van der Waals surface area (Å²) in [7, 11) is 0. The molecule has 0 aliphatic heterocycles. The lowest BCUT2D eigenvalue weighted by atomic mass is 10.1. The Labute approximate surface area is 109 Å². The number of rotatable bonds is 3. The van der Waals surface area contributed by atoms with Gasteiger partial charge in [0.2, 0.25) is 0 Å². The molecule has 0 spiro atoms. The number of nitrogens with one attached hydrogen (secondary N) is 1. The molecule has 96 valence electrons. The third-order valence-electron chi connectivity index (χ3n) is 2.86. The maximum Gasteiger partial charge on any atom is 0.110 e. The van der Waals surface area contributed by atoms with Crippen LogP contribution in [0.1, 0.15) is 32.2 Å². The average Bonchev–Trinajstić information content (AvgIpc) is 2.73. The zero-order valence-electron chi connectivity index (χ0n) is 11.6. The zero-order valence-corrected chi connectivity index (χ0v) is 11.6. The van der Waals surface area contributed by atoms with Crippen LogP contribution in [0.2, 0.25) is 0 Å². The number of imidazole rings is 1. The molecule has 0 bridgehead atoms. The van der Waals surface area contributed by atoms with Crippen LogP contribution in [0.5, 0.6) is 0 Å². The van der Waals surface area contributed by atoms with Gasteiger partial charge >= 0.3 is 0 Å². The first kappa shape index (κ1) is 12.8. The lowest BCUT2D eigenvalue weighted by Crippen LogP contribution is -2.35. The van der Waals surface area contributed by atoms with E-state index in [-0.39, 0.29) is 5.54 Å². The van der Waals surface area contributed by atoms with Crippen LogP contribution in [0.15, 0.2) is 36.7 Å². The quantitative estimate of drug-likeness (QED) is 0.898. The van der Waals surface area contributed by atoms with Gasteiger partial charge in [0.1, 0.15) is 5.82 Å². The minimum absolute atomic E-state index is 0.152. The first-order valence-corrected chi connectivity index (χ1v) is 6.30. The summed E-state index contributed by atoms with van der Waals surface area (Å²) in [6, 6.07) is 8.59. The molecule has 0 radical (unpaired) electrons. The van der Waals surface area contributed by atoms with Crippen molar-refractivity contribution in [2.24, 2.45) is 0 Å². The molecule has 1 aromatic carbocycles. The molecule has 3 nitrogen and oxygen atoms in total. The molecule has 3 heteroatoms. The Morgan fingerprint density at radius 1 is 1.17 bits per heavy atom. The van der Waals surface area contributed by atoms with Crippen molar-refractivity contribution in [1.29, 1.82) is 0 Å². The first-order valence-electron chi connectivity index (χ1n) is 6.30. The molecular weight excluding hydrogens is 222 g/mol. The Hall–Kier alpha value is -1.61. The molecule has 0 aliphatic carbocycles. The molecule has 0 saturated heterocycles. The summed E-state index contributed by atoms with van der Waals surface area (Å²) < 4.78 is 2.08. The molecular formula is C15H21N3. The average molecular weight is 243 g/mol. The van der Waals surface area contributed by atoms with Crippen LogP contribution >= 0.6 is 0 Å². The van der Waals surface area contributed by atoms with Gasteiger partial charge in [-0.25, -0.2) is 4.98 Å². The third-order valence-corrected chi connectivity index (χ3v) is 2.86. The van der Waals surface area contributed by atoms with E-state index in [1.165, 1.54) is 5.56 Å². The lowest BCUT2D eigenvalue weighted by molar-refractivity contribution is 0.424. The molecule has 1 aromatic heterocycles. The van der Waals surface area contributed by atoms with Crippen LogP contribution in [0.3, 0.4) is 0 Å². The van der Waals surface area contributed by atoms with E-state index in [1.807, 2.05) is 19.3 Å². The van der Waals surface area contributed by atoms with Gasteiger partial charge in [0.15, 0.2) is 0 Å². The molecule has 18 heavy (non-hydrogen) atoms. The van der Waals surface area contributed by atoms with E-state index in [0.717, 1.165) is 18.1 Å². The van der Waals surface area contributed by atoms with Crippen LogP contribution in [0.25, 0.3) is 5.69 Å². The van der Waals surface area contributed by atoms with Gasteiger partial charge in [0.25, 0.3) is 0 Å². The third kappa shape index (κ3) is 3.20. The summed E-state index contributed by atoms with van der Waals surface area (Å²) in [6.45, 7) is 9.43. The highest BCUT2D eigenvalue weighted by atomic mass is 15.1. The minimum atomic E-state index is 0.152. The van der Waals surface area contributed by atoms with Crippen molar-refractivity contribution in [1.82, 2.24) is 14.9 Å². The Morgan fingerprint density at radius 3 is 2.33 bits per heavy atom. The number of nitrogens with zero attached hydrogens (tertiary/aromatic N) is 2. The Balaban J connectivity index is 2.09. The van der Waals surface area contributed by atoms with E-state index < -0.39 is 0 Å². The zero-order chi connectivity index (χ0) is 13.2. The van der Waals surface area contributed by atoms with Crippen molar-refractivity contribution in [2.45, 2.75) is 39.8 Å². The van der Waals surface area contributed by atoms with Gasteiger partial charge in [0, 0.05) is 30.2 Å². The monoisotopic (exact) mass is 243 g/mol. The van der Waals surface area contributed by atoms with Gasteiger partial charge in [0.05, 0.1) is 0 Å². The fraction of sp³-hybridized carbons (Fsp3) is 0.400. The largest absolute Gasteiger partial charge is 0.308 e. The second kappa shape index (κ2) is 4.94. The van der Waals surface area contributed by atoms with Crippen molar-refractivity contribution in [3.05, 3.63) is 48.0 Å². The van der Waals surface area contributed by atoms with Crippen molar-refractivity contribution in [3.63, 3.8) is 0 Å². The second-order valence-corrected chi connectivity index (χ2v) is 5.61. The summed E-state index contributed by atoms with van der Waals surface area (Å²) in [5.41, 5.74) is 2.61. The molecule has 0 saturated carbocycles. The highest BCUT2D eigenvalue weighted by Crippen LogP contribution is 2.12. The van der Waals surface area contributed by atoms with Gasteiger partial charge in [-0.15, -0.1) is 0 Å². The van der Waals surface area contributed by atoms with Crippen molar-refractivity contribution in [2.75, 3.05) is 0 Å². The topological polar surface area (TPSA) is 29.9 Å². The molecule has 0 amide bonds. The number of hydrogen-bond donors (Lipinski definition) is 1. The fourth-order valence-corrected chi connectivity index (χ4v) is 1.79. The summed E-state index contributed by atoms with van der Waals surface area (Å²) >= 11 is 0. The SMILES string of the molecule is Cc1nccn1-c1ccc(CNC(C)(C)C)cc1. The summed E-state index contributed by atoms with van der Waals surface area (Å²) in [5, 5.41) is 3.48. The molecule has 0 aliphatic rings. The second-order valence-electron chi connectivity index (χ2n) is 5.61. The maximum atomic E-state index is 4.23. The van der Waals surface area contributed by atoms with Crippen LogP contribution in [-0.2, 0) is 6.54 Å². The Bertz CT molecular complexity index is 503. The van der Waals surface area contributed by atoms with Crippen molar-refractivity contribution < 1.29 is 0 Å². The molecule has 0 fully saturated rings. The number of hydrogen-bond acceptors (Lipinski definition) is 2. The molecule has 0 unspecified atom stereocenters. The van der Waals surface area contributed by atoms with Crippen molar-refractivity contribution >= 4 is 0 Å². The van der Waals surface area contributed by atoms with Gasteiger partial charge in [-0.05, 0) is 45.4 Å². The summed E-state index contributed by atoms with van der Waals surface area (Å²) in [4.78, 5) is 4.23. The van der Waals surface area contributed by atoms with Crippen LogP contribution in [0, 0.1) is 6.92 Å². The van der Waals surface area contributed by atoms with E-state index >= 15 is 0 Å². The number of aromatic nitrogens is 2. The maximum absolute atomic E-state index is 4.23. The standard InChI is InChI=1S/C15H21N3/c1-12-16-9-10-18(12)14-7-5-13(6-8-14)11-17-15(2,3)4/h5-10,17H,11H2,1-4H3. The van der Waals surface area contributed by atoms with Crippen LogP contribution < -0.4 is 5.32 Å². The van der Waals surface area contributed by atoms with Gasteiger partial charge in [-0.3, -0.25) is 0 Å². The summed E-state index contributed by atoms with van der Waals surface area (Å²) in [6.07, 6.45) is 3.81. The molecule has 2 rings (SSSR count). The Kier molecular flexibility index (Phi) is 3.53. The number of aryl methyl sites for hydroxylation is 1. The highest BCUT2D eigenvalue weighted by Gasteiger charge is 2.08. The van der Waals surface area contributed by atoms with Crippen LogP contribution in [-0.4, -0.2) is 15.1 Å². The molecule has 0 atom stereocenters. The van der Waals surface area contributed by atoms with E-state index in [0.29, 0.717) is 0 Å². The smallest absolute Gasteiger partial charge is 0.110 e. The Morgan fingerprint density at radius 2 is 1.83 bits per heavy atom. The summed E-state index contributed by atoms with van der Waals surface area (Å²) in [5.74, 6) is 1.01. The minimum Gasteiger partial charge on any atom is -0.308 e. The fourth-order valence-electron chi connectivity index (χ4n) is 1.79. The van der Waals surface area contributed by atoms with Gasteiger partial charge < -0.3 is 9.88 Å². The predicted octanol–water partition coefficient (Wildman–Crippen LogP) is 3.07. The van der Waals surface area contributed by atoms with E-state index in [9.17, 15) is 0 Å². The van der Waals surface area contributed by atoms with Crippen molar-refractivity contribution in [3.8, 4) is 5.69 Å². The van der Waals surface area contributed by atoms with Gasteiger partial charge in [-0.2, -0.15) is 0 Å². The van der Waals surface area contributed by atoms with Crippen LogP contribution in [0.4, 0.5) is 0 Å². The van der Waals surface area contributed by atoms with Gasteiger partial charge in [-0.1, -0.05) is 12.1 Å². The van der Waals surface area contributed by atoms with E-state index in [4.69, 9.17) is 0 Å². The normalized spacial score (nSPS) is 11.8. The number of benzene rings is 1. The molecule has 2 aromatic rings. The van der Waals surface area contributed by atoms with E-state index in [2.05, 4.69) is 59.9 Å². The molecule has 1 heterocycles. The predicted molar refractivity (Wildman–Crippen MR) is 74.9 cm³/mol. The first-order chi connectivity index (χ1) is 8.46. The van der Waals surface area contributed by atoms with E-state index in [1.54, 1.807) is 0 Å². The molecule has 1 N–H and O–H groups in total.